The molecule has 1 aromatic heterocycles. The summed E-state index contributed by atoms with van der Waals surface area (Å²) in [6.07, 6.45) is 7.58. The Balaban J connectivity index is 1.67. The molecule has 142 valence electrons. The van der Waals surface area contributed by atoms with Crippen molar-refractivity contribution in [2.24, 2.45) is 5.92 Å². The van der Waals surface area contributed by atoms with Crippen LogP contribution in [-0.4, -0.2) is 45.5 Å². The van der Waals surface area contributed by atoms with Crippen LogP contribution in [0.4, 0.5) is 11.5 Å². The van der Waals surface area contributed by atoms with Crippen molar-refractivity contribution in [2.75, 3.05) is 17.6 Å². The number of carbonyl (C=O) groups excluding carboxylic acids is 2. The van der Waals surface area contributed by atoms with Crippen molar-refractivity contribution in [3.05, 3.63) is 17.8 Å². The Labute approximate surface area is 154 Å². The molecule has 2 aliphatic rings. The highest BCUT2D eigenvalue weighted by Gasteiger charge is 2.37. The maximum Gasteiger partial charge on any atom is 0.313 e. The highest BCUT2D eigenvalue weighted by atomic mass is 16.3. The number of amides is 2. The highest BCUT2D eigenvalue weighted by Crippen LogP contribution is 2.34. The largest absolute Gasteiger partial charge is 0.393 e. The molecule has 0 bridgehead atoms. The number of piperidine rings is 1. The van der Waals surface area contributed by atoms with Crippen LogP contribution in [0.1, 0.15) is 50.5 Å². The average Bonchev–Trinajstić information content (AvgIpc) is 2.65. The van der Waals surface area contributed by atoms with E-state index in [0.29, 0.717) is 24.0 Å². The van der Waals surface area contributed by atoms with Crippen LogP contribution in [0.2, 0.25) is 0 Å². The van der Waals surface area contributed by atoms with E-state index >= 15 is 0 Å². The predicted molar refractivity (Wildman–Crippen MR) is 99.3 cm³/mol. The molecule has 0 radical (unpaired) electrons. The molecular weight excluding hydrogens is 332 g/mol. The number of nitrogen functional groups attached to an aromatic ring is 1. The summed E-state index contributed by atoms with van der Waals surface area (Å²) in [6.45, 7) is 2.42. The molecule has 2 amide bonds. The number of aliphatic hydroxyl groups excluding tert-OH is 1. The molecular formula is C19H28N4O3. The number of hydrogen-bond donors (Lipinski definition) is 3. The zero-order valence-corrected chi connectivity index (χ0v) is 15.3. The van der Waals surface area contributed by atoms with Gasteiger partial charge in [0.2, 0.25) is 0 Å². The lowest BCUT2D eigenvalue weighted by atomic mass is 9.79. The molecule has 3 rings (SSSR count). The first-order valence-electron chi connectivity index (χ1n) is 9.48. The summed E-state index contributed by atoms with van der Waals surface area (Å²) in [5.41, 5.74) is 6.92. The van der Waals surface area contributed by atoms with E-state index in [0.717, 1.165) is 50.5 Å². The van der Waals surface area contributed by atoms with Gasteiger partial charge in [0.15, 0.2) is 0 Å². The van der Waals surface area contributed by atoms with E-state index in [1.807, 2.05) is 0 Å². The number of rotatable bonds is 2. The average molecular weight is 360 g/mol. The molecule has 1 saturated carbocycles. The van der Waals surface area contributed by atoms with Crippen molar-refractivity contribution >= 4 is 23.3 Å². The number of anilines is 2. The van der Waals surface area contributed by atoms with Crippen LogP contribution >= 0.6 is 0 Å². The molecule has 1 saturated heterocycles. The minimum atomic E-state index is -0.626. The van der Waals surface area contributed by atoms with Gasteiger partial charge in [0.1, 0.15) is 5.82 Å². The summed E-state index contributed by atoms with van der Waals surface area (Å²) in [6, 6.07) is 1.81. The van der Waals surface area contributed by atoms with Gasteiger partial charge in [0.05, 0.1) is 18.0 Å². The first-order valence-corrected chi connectivity index (χ1v) is 9.48. The summed E-state index contributed by atoms with van der Waals surface area (Å²) in [5, 5.41) is 12.4. The molecule has 1 atom stereocenters. The van der Waals surface area contributed by atoms with Crippen molar-refractivity contribution in [3.63, 3.8) is 0 Å². The van der Waals surface area contributed by atoms with Gasteiger partial charge in [-0.1, -0.05) is 0 Å². The number of hydrogen-bond acceptors (Lipinski definition) is 5. The summed E-state index contributed by atoms with van der Waals surface area (Å²) >= 11 is 0. The molecule has 2 fully saturated rings. The van der Waals surface area contributed by atoms with Crippen molar-refractivity contribution < 1.29 is 14.7 Å². The molecule has 0 unspecified atom stereocenters. The number of aromatic nitrogens is 1. The summed E-state index contributed by atoms with van der Waals surface area (Å²) in [4.78, 5) is 31.0. The Kier molecular flexibility index (Phi) is 5.76. The normalized spacial score (nSPS) is 26.4. The maximum atomic E-state index is 12.8. The fraction of sp³-hybridized carbons (Fsp3) is 0.632. The number of pyridine rings is 1. The van der Waals surface area contributed by atoms with Gasteiger partial charge in [-0.15, -0.1) is 0 Å². The number of carbonyl (C=O) groups is 2. The first-order chi connectivity index (χ1) is 12.5. The second-order valence-corrected chi connectivity index (χ2v) is 7.51. The monoisotopic (exact) mass is 360 g/mol. The number of aliphatic hydroxyl groups is 1. The van der Waals surface area contributed by atoms with Crippen LogP contribution in [-0.2, 0) is 9.59 Å². The molecule has 7 nitrogen and oxygen atoms in total. The summed E-state index contributed by atoms with van der Waals surface area (Å²) in [7, 11) is 0. The van der Waals surface area contributed by atoms with Gasteiger partial charge in [-0.25, -0.2) is 4.98 Å². The summed E-state index contributed by atoms with van der Waals surface area (Å²) in [5.74, 6) is -0.324. The zero-order chi connectivity index (χ0) is 18.7. The quantitative estimate of drug-likeness (QED) is 0.698. The van der Waals surface area contributed by atoms with E-state index in [4.69, 9.17) is 5.73 Å². The van der Waals surface area contributed by atoms with E-state index in [2.05, 4.69) is 10.3 Å². The minimum absolute atomic E-state index is 0.0979. The van der Waals surface area contributed by atoms with Gasteiger partial charge in [0.25, 0.3) is 0 Å². The smallest absolute Gasteiger partial charge is 0.313 e. The fourth-order valence-electron chi connectivity index (χ4n) is 4.15. The standard InChI is InChI=1S/C19H28N4O3/c1-12-10-14(11-21-17(12)20)22-18(25)19(26)23-9-3-2-4-16(23)13-5-7-15(24)8-6-13/h10-11,13,15-16,24H,2-9H2,1H3,(H2,20,21)(H,22,25)/t13-,15+,16-/m0/s1. The molecule has 2 heterocycles. The lowest BCUT2D eigenvalue weighted by molar-refractivity contribution is -0.147. The lowest BCUT2D eigenvalue weighted by Crippen LogP contribution is -2.51. The van der Waals surface area contributed by atoms with Crippen LogP contribution in [0, 0.1) is 12.8 Å². The number of aryl methyl sites for hydroxylation is 1. The molecule has 1 aliphatic carbocycles. The highest BCUT2D eigenvalue weighted by molar-refractivity contribution is 6.39. The minimum Gasteiger partial charge on any atom is -0.393 e. The van der Waals surface area contributed by atoms with Gasteiger partial charge in [-0.3, -0.25) is 9.59 Å². The predicted octanol–water partition coefficient (Wildman–Crippen LogP) is 1.84. The van der Waals surface area contributed by atoms with E-state index < -0.39 is 11.8 Å². The fourth-order valence-corrected chi connectivity index (χ4v) is 4.15. The molecule has 0 spiro atoms. The van der Waals surface area contributed by atoms with E-state index in [9.17, 15) is 14.7 Å². The van der Waals surface area contributed by atoms with Crippen LogP contribution in [0.15, 0.2) is 12.3 Å². The van der Waals surface area contributed by atoms with E-state index in [1.165, 1.54) is 6.20 Å². The molecule has 1 aromatic rings. The third kappa shape index (κ3) is 4.15. The lowest BCUT2D eigenvalue weighted by Gasteiger charge is -2.42. The Bertz CT molecular complexity index is 671. The second kappa shape index (κ2) is 8.03. The van der Waals surface area contributed by atoms with E-state index in [1.54, 1.807) is 17.9 Å². The Morgan fingerprint density at radius 2 is 1.96 bits per heavy atom. The Morgan fingerprint density at radius 3 is 2.65 bits per heavy atom. The number of nitrogens with two attached hydrogens (primary N) is 1. The molecule has 4 N–H and O–H groups in total. The third-order valence-corrected chi connectivity index (χ3v) is 5.67. The van der Waals surface area contributed by atoms with Gasteiger partial charge < -0.3 is 21.1 Å². The second-order valence-electron chi connectivity index (χ2n) is 7.51. The SMILES string of the molecule is Cc1cc(NC(=O)C(=O)N2CCCC[C@H]2[C@H]2CC[C@@H](O)CC2)cnc1N. The summed E-state index contributed by atoms with van der Waals surface area (Å²) < 4.78 is 0. The zero-order valence-electron chi connectivity index (χ0n) is 15.3. The van der Waals surface area contributed by atoms with Crippen LogP contribution in [0.5, 0.6) is 0 Å². The van der Waals surface area contributed by atoms with Crippen molar-refractivity contribution in [1.82, 2.24) is 9.88 Å². The van der Waals surface area contributed by atoms with Crippen LogP contribution < -0.4 is 11.1 Å². The third-order valence-electron chi connectivity index (χ3n) is 5.67. The van der Waals surface area contributed by atoms with Gasteiger partial charge in [0, 0.05) is 12.6 Å². The Hall–Kier alpha value is -2.15. The van der Waals surface area contributed by atoms with Crippen molar-refractivity contribution in [1.29, 1.82) is 0 Å². The molecule has 26 heavy (non-hydrogen) atoms. The van der Waals surface area contributed by atoms with Crippen LogP contribution in [0.3, 0.4) is 0 Å². The number of nitrogens with zero attached hydrogens (tertiary/aromatic N) is 2. The van der Waals surface area contributed by atoms with Crippen molar-refractivity contribution in [3.8, 4) is 0 Å². The number of nitrogens with one attached hydrogen (secondary N) is 1. The molecule has 7 heteroatoms. The molecule has 0 aromatic carbocycles. The first kappa shape index (κ1) is 18.6. The van der Waals surface area contributed by atoms with Crippen molar-refractivity contribution in [2.45, 2.75) is 64.0 Å². The topological polar surface area (TPSA) is 109 Å². The Morgan fingerprint density at radius 1 is 1.23 bits per heavy atom. The van der Waals surface area contributed by atoms with Gasteiger partial charge >= 0.3 is 11.8 Å². The molecule has 1 aliphatic heterocycles. The van der Waals surface area contributed by atoms with Gasteiger partial charge in [-0.2, -0.15) is 0 Å². The van der Waals surface area contributed by atoms with E-state index in [-0.39, 0.29) is 12.1 Å². The van der Waals surface area contributed by atoms with Gasteiger partial charge in [-0.05, 0) is 69.4 Å². The number of likely N-dealkylation sites (tertiary alicyclic amines) is 1. The maximum absolute atomic E-state index is 12.8. The van der Waals surface area contributed by atoms with Crippen LogP contribution in [0.25, 0.3) is 0 Å².